The molecule has 1 amide bonds. The van der Waals surface area contributed by atoms with Crippen molar-refractivity contribution in [3.05, 3.63) is 41.1 Å². The van der Waals surface area contributed by atoms with Gasteiger partial charge in [0, 0.05) is 23.8 Å². The number of rotatable bonds is 11. The van der Waals surface area contributed by atoms with Crippen LogP contribution < -0.4 is 10.6 Å². The first-order valence-corrected chi connectivity index (χ1v) is 12.5. The Morgan fingerprint density at radius 1 is 1.18 bits per heavy atom. The lowest BCUT2D eigenvalue weighted by Gasteiger charge is -2.37. The molecule has 0 radical (unpaired) electrons. The summed E-state index contributed by atoms with van der Waals surface area (Å²) >= 11 is 5.56. The van der Waals surface area contributed by atoms with E-state index in [0.717, 1.165) is 42.6 Å². The Labute approximate surface area is 204 Å². The second-order valence-corrected chi connectivity index (χ2v) is 9.36. The van der Waals surface area contributed by atoms with Crippen LogP contribution in [0.2, 0.25) is 0 Å². The Kier molecular flexibility index (Phi) is 10.4. The minimum atomic E-state index is -0.405. The van der Waals surface area contributed by atoms with Gasteiger partial charge in [0.05, 0.1) is 18.2 Å². The Morgan fingerprint density at radius 3 is 2.39 bits per heavy atom. The van der Waals surface area contributed by atoms with Gasteiger partial charge in [-0.05, 0) is 62.5 Å². The number of hydrogen-bond donors (Lipinski definition) is 2. The van der Waals surface area contributed by atoms with Gasteiger partial charge in [-0.15, -0.1) is 0 Å². The second kappa shape index (κ2) is 12.7. The number of ether oxygens (including phenoxy) is 1. The van der Waals surface area contributed by atoms with Crippen LogP contribution in [0, 0.1) is 11.8 Å². The molecule has 182 valence electrons. The van der Waals surface area contributed by atoms with Gasteiger partial charge in [0.1, 0.15) is 0 Å². The van der Waals surface area contributed by atoms with Gasteiger partial charge in [0.25, 0.3) is 0 Å². The van der Waals surface area contributed by atoms with Crippen LogP contribution in [0.5, 0.6) is 0 Å². The molecular weight excluding hydrogens is 434 g/mol. The standard InChI is InChI=1S/C26H39N3O3S/c1-7-10-11-19(8-2)24(30)27-21-14-12-20(13-15-21)23-22(25(31)32-16-17(4)5)18(6)29(9-3)26(33)28-23/h12-15,17,19,23H,7-11,16H2,1-6H3,(H,27,30)(H,28,33)/t19-,23-/m0/s1. The van der Waals surface area contributed by atoms with Crippen LogP contribution in [0.1, 0.15) is 78.8 Å². The molecule has 0 saturated carbocycles. The Balaban J connectivity index is 2.25. The van der Waals surface area contributed by atoms with Crippen LogP contribution in [0.4, 0.5) is 5.69 Å². The third kappa shape index (κ3) is 7.03. The Morgan fingerprint density at radius 2 is 1.85 bits per heavy atom. The molecule has 0 spiro atoms. The number of carbonyl (C=O) groups excluding carboxylic acids is 2. The number of allylic oxidation sites excluding steroid dienone is 1. The van der Waals surface area contributed by atoms with Gasteiger partial charge in [0.2, 0.25) is 5.91 Å². The predicted octanol–water partition coefficient (Wildman–Crippen LogP) is 5.57. The number of amides is 1. The maximum Gasteiger partial charge on any atom is 0.338 e. The van der Waals surface area contributed by atoms with Gasteiger partial charge in [-0.25, -0.2) is 4.79 Å². The number of nitrogens with zero attached hydrogens (tertiary/aromatic N) is 1. The van der Waals surface area contributed by atoms with Crippen LogP contribution >= 0.6 is 12.2 Å². The number of thiocarbonyl (C=S) groups is 1. The summed E-state index contributed by atoms with van der Waals surface area (Å²) in [6.07, 6.45) is 3.86. The Hall–Kier alpha value is -2.41. The third-order valence-corrected chi connectivity index (χ3v) is 6.30. The number of carbonyl (C=O) groups is 2. The molecular formula is C26H39N3O3S. The van der Waals surface area contributed by atoms with Crippen LogP contribution in [0.25, 0.3) is 0 Å². The van der Waals surface area contributed by atoms with Crippen molar-refractivity contribution in [2.45, 2.75) is 73.3 Å². The molecule has 0 aliphatic carbocycles. The first-order valence-electron chi connectivity index (χ1n) is 12.1. The molecule has 0 bridgehead atoms. The topological polar surface area (TPSA) is 70.7 Å². The van der Waals surface area contributed by atoms with E-state index in [9.17, 15) is 9.59 Å². The fourth-order valence-corrected chi connectivity index (χ4v) is 4.35. The maximum absolute atomic E-state index is 13.0. The number of hydrogen-bond acceptors (Lipinski definition) is 4. The quantitative estimate of drug-likeness (QED) is 0.324. The highest BCUT2D eigenvalue weighted by atomic mass is 32.1. The molecule has 2 rings (SSSR count). The zero-order valence-electron chi connectivity index (χ0n) is 20.9. The molecule has 1 aromatic rings. The molecule has 1 heterocycles. The van der Waals surface area contributed by atoms with Crippen molar-refractivity contribution < 1.29 is 14.3 Å². The second-order valence-electron chi connectivity index (χ2n) is 8.98. The molecule has 0 aromatic heterocycles. The van der Waals surface area contributed by atoms with Crippen molar-refractivity contribution >= 4 is 34.9 Å². The fourth-order valence-electron chi connectivity index (χ4n) is 3.97. The van der Waals surface area contributed by atoms with Crippen molar-refractivity contribution in [2.75, 3.05) is 18.5 Å². The van der Waals surface area contributed by atoms with E-state index in [-0.39, 0.29) is 23.7 Å². The zero-order chi connectivity index (χ0) is 24.5. The van der Waals surface area contributed by atoms with Gasteiger partial charge < -0.3 is 20.3 Å². The minimum absolute atomic E-state index is 0.0231. The summed E-state index contributed by atoms with van der Waals surface area (Å²) in [4.78, 5) is 27.6. The number of unbranched alkanes of at least 4 members (excludes halogenated alkanes) is 1. The van der Waals surface area contributed by atoms with E-state index in [1.165, 1.54) is 0 Å². The van der Waals surface area contributed by atoms with Crippen molar-refractivity contribution in [1.82, 2.24) is 10.2 Å². The molecule has 0 saturated heterocycles. The van der Waals surface area contributed by atoms with Crippen LogP contribution in [0.15, 0.2) is 35.5 Å². The van der Waals surface area contributed by atoms with Crippen molar-refractivity contribution in [3.8, 4) is 0 Å². The first kappa shape index (κ1) is 26.8. The molecule has 6 nitrogen and oxygen atoms in total. The molecule has 1 aromatic carbocycles. The van der Waals surface area contributed by atoms with E-state index in [2.05, 4.69) is 24.5 Å². The molecule has 33 heavy (non-hydrogen) atoms. The van der Waals surface area contributed by atoms with Crippen molar-refractivity contribution in [1.29, 1.82) is 0 Å². The van der Waals surface area contributed by atoms with Gasteiger partial charge in [0.15, 0.2) is 5.11 Å². The number of anilines is 1. The van der Waals surface area contributed by atoms with E-state index < -0.39 is 6.04 Å². The summed E-state index contributed by atoms with van der Waals surface area (Å²) in [6, 6.07) is 7.20. The van der Waals surface area contributed by atoms with Gasteiger partial charge in [-0.2, -0.15) is 0 Å². The molecule has 7 heteroatoms. The van der Waals surface area contributed by atoms with E-state index in [4.69, 9.17) is 17.0 Å². The molecule has 2 N–H and O–H groups in total. The highest BCUT2D eigenvalue weighted by molar-refractivity contribution is 7.80. The highest BCUT2D eigenvalue weighted by Gasteiger charge is 2.34. The normalized spacial score (nSPS) is 17.1. The monoisotopic (exact) mass is 473 g/mol. The van der Waals surface area contributed by atoms with E-state index in [0.29, 0.717) is 23.8 Å². The fraction of sp³-hybridized carbons (Fsp3) is 0.577. The first-order chi connectivity index (χ1) is 15.7. The lowest BCUT2D eigenvalue weighted by Crippen LogP contribution is -2.47. The predicted molar refractivity (Wildman–Crippen MR) is 138 cm³/mol. The van der Waals surface area contributed by atoms with E-state index in [1.54, 1.807) is 0 Å². The molecule has 1 aliphatic heterocycles. The van der Waals surface area contributed by atoms with Crippen molar-refractivity contribution in [3.63, 3.8) is 0 Å². The summed E-state index contributed by atoms with van der Waals surface area (Å²) in [6.45, 7) is 13.1. The number of nitrogens with one attached hydrogen (secondary N) is 2. The zero-order valence-corrected chi connectivity index (χ0v) is 21.7. The van der Waals surface area contributed by atoms with E-state index >= 15 is 0 Å². The average Bonchev–Trinajstić information content (AvgIpc) is 2.78. The van der Waals surface area contributed by atoms with Crippen LogP contribution in [-0.4, -0.2) is 35.0 Å². The molecule has 2 atom stereocenters. The molecule has 0 unspecified atom stereocenters. The van der Waals surface area contributed by atoms with Gasteiger partial charge >= 0.3 is 5.97 Å². The minimum Gasteiger partial charge on any atom is -0.462 e. The largest absolute Gasteiger partial charge is 0.462 e. The third-order valence-electron chi connectivity index (χ3n) is 5.96. The SMILES string of the molecule is CCCC[C@H](CC)C(=O)Nc1ccc([C@@H]2NC(=S)N(CC)C(C)=C2C(=O)OCC(C)C)cc1. The lowest BCUT2D eigenvalue weighted by atomic mass is 9.94. The number of benzene rings is 1. The van der Waals surface area contributed by atoms with Gasteiger partial charge in [-0.1, -0.05) is 52.7 Å². The summed E-state index contributed by atoms with van der Waals surface area (Å²) in [5.74, 6) is -0.00276. The molecule has 0 fully saturated rings. The maximum atomic E-state index is 13.0. The summed E-state index contributed by atoms with van der Waals surface area (Å²) in [5, 5.41) is 6.92. The number of esters is 1. The van der Waals surface area contributed by atoms with E-state index in [1.807, 2.05) is 56.9 Å². The highest BCUT2D eigenvalue weighted by Crippen LogP contribution is 2.32. The van der Waals surface area contributed by atoms with Crippen LogP contribution in [-0.2, 0) is 14.3 Å². The smallest absolute Gasteiger partial charge is 0.338 e. The Bertz CT molecular complexity index is 864. The summed E-state index contributed by atoms with van der Waals surface area (Å²) < 4.78 is 5.58. The van der Waals surface area contributed by atoms with Crippen LogP contribution in [0.3, 0.4) is 0 Å². The van der Waals surface area contributed by atoms with Crippen molar-refractivity contribution in [2.24, 2.45) is 11.8 Å². The lowest BCUT2D eigenvalue weighted by molar-refractivity contribution is -0.140. The average molecular weight is 474 g/mol. The molecule has 1 aliphatic rings. The van der Waals surface area contributed by atoms with Gasteiger partial charge in [-0.3, -0.25) is 4.79 Å². The summed E-state index contributed by atoms with van der Waals surface area (Å²) in [5.41, 5.74) is 3.00. The summed E-state index contributed by atoms with van der Waals surface area (Å²) in [7, 11) is 0.